The molecule has 0 spiro atoms. The molecule has 0 saturated heterocycles. The van der Waals surface area contributed by atoms with Crippen LogP contribution in [0.4, 0.5) is 5.82 Å². The van der Waals surface area contributed by atoms with E-state index in [1.807, 2.05) is 19.1 Å². The van der Waals surface area contributed by atoms with E-state index in [-0.39, 0.29) is 17.9 Å². The Labute approximate surface area is 118 Å². The topological polar surface area (TPSA) is 95.3 Å². The van der Waals surface area contributed by atoms with Crippen LogP contribution in [0.15, 0.2) is 41.6 Å². The molecule has 0 aliphatic carbocycles. The van der Waals surface area contributed by atoms with Gasteiger partial charge >= 0.3 is 5.82 Å². The van der Waals surface area contributed by atoms with E-state index in [9.17, 15) is 14.9 Å². The first-order valence-corrected chi connectivity index (χ1v) is 6.19. The van der Waals surface area contributed by atoms with Crippen LogP contribution in [0.5, 0.6) is 0 Å². The van der Waals surface area contributed by atoms with Crippen LogP contribution in [0.3, 0.4) is 0 Å². The number of aryl methyl sites for hydroxylation is 1. The first-order chi connectivity index (χ1) is 10.0. The molecule has 0 atom stereocenters. The lowest BCUT2D eigenvalue weighted by Crippen LogP contribution is -2.18. The predicted molar refractivity (Wildman–Crippen MR) is 74.2 cm³/mol. The number of aromatic nitrogens is 4. The fourth-order valence-corrected chi connectivity index (χ4v) is 2.16. The molecule has 8 nitrogen and oxygen atoms in total. The van der Waals surface area contributed by atoms with Gasteiger partial charge in [0.15, 0.2) is 0 Å². The second-order valence-corrected chi connectivity index (χ2v) is 4.61. The summed E-state index contributed by atoms with van der Waals surface area (Å²) in [7, 11) is 0. The first-order valence-electron chi connectivity index (χ1n) is 6.19. The maximum atomic E-state index is 12.1. The van der Waals surface area contributed by atoms with Crippen molar-refractivity contribution in [1.82, 2.24) is 18.9 Å². The minimum absolute atomic E-state index is 0.178. The van der Waals surface area contributed by atoms with Crippen molar-refractivity contribution >= 4 is 11.5 Å². The summed E-state index contributed by atoms with van der Waals surface area (Å²) in [6, 6.07) is 6.82. The molecule has 0 amide bonds. The van der Waals surface area contributed by atoms with Gasteiger partial charge in [0.1, 0.15) is 11.8 Å². The molecular formula is C13H11N5O3. The Hall–Kier alpha value is -3.03. The van der Waals surface area contributed by atoms with Gasteiger partial charge in [-0.15, -0.1) is 0 Å². The number of imidazole rings is 1. The molecule has 8 heteroatoms. The lowest BCUT2D eigenvalue weighted by molar-refractivity contribution is -0.389. The van der Waals surface area contributed by atoms with Crippen molar-refractivity contribution in [3.63, 3.8) is 0 Å². The Bertz CT molecular complexity index is 896. The van der Waals surface area contributed by atoms with Gasteiger partial charge in [0, 0.05) is 11.8 Å². The van der Waals surface area contributed by atoms with Gasteiger partial charge in [-0.2, -0.15) is 0 Å². The first kappa shape index (κ1) is 13.0. The van der Waals surface area contributed by atoms with E-state index in [0.717, 1.165) is 5.69 Å². The lowest BCUT2D eigenvalue weighted by atomic mass is 10.3. The van der Waals surface area contributed by atoms with Gasteiger partial charge in [0.25, 0.3) is 5.56 Å². The summed E-state index contributed by atoms with van der Waals surface area (Å²) >= 11 is 0. The Kier molecular flexibility index (Phi) is 2.98. The minimum Gasteiger partial charge on any atom is -0.358 e. The van der Waals surface area contributed by atoms with Crippen LogP contribution in [0.2, 0.25) is 0 Å². The molecular weight excluding hydrogens is 274 g/mol. The van der Waals surface area contributed by atoms with E-state index in [1.165, 1.54) is 27.6 Å². The van der Waals surface area contributed by atoms with Crippen LogP contribution >= 0.6 is 0 Å². The lowest BCUT2D eigenvalue weighted by Gasteiger charge is -2.06. The number of nitro groups is 1. The SMILES string of the molecule is Cc1cccc2nc(Cn3cnc([N+](=O)[O-])c3)cc(=O)n12. The smallest absolute Gasteiger partial charge is 0.358 e. The maximum absolute atomic E-state index is 12.1. The Morgan fingerprint density at radius 1 is 1.38 bits per heavy atom. The molecule has 0 bridgehead atoms. The molecule has 3 aromatic rings. The number of rotatable bonds is 3. The van der Waals surface area contributed by atoms with Gasteiger partial charge in [-0.05, 0) is 29.0 Å². The third-order valence-electron chi connectivity index (χ3n) is 3.08. The van der Waals surface area contributed by atoms with Gasteiger partial charge in [-0.1, -0.05) is 6.07 Å². The van der Waals surface area contributed by atoms with Gasteiger partial charge in [-0.25, -0.2) is 4.98 Å². The highest BCUT2D eigenvalue weighted by molar-refractivity contribution is 5.40. The highest BCUT2D eigenvalue weighted by atomic mass is 16.6. The normalized spacial score (nSPS) is 10.9. The van der Waals surface area contributed by atoms with Crippen molar-refractivity contribution in [3.8, 4) is 0 Å². The molecule has 0 aromatic carbocycles. The summed E-state index contributed by atoms with van der Waals surface area (Å²) in [5.41, 5.74) is 1.70. The van der Waals surface area contributed by atoms with E-state index in [4.69, 9.17) is 0 Å². The Balaban J connectivity index is 2.01. The van der Waals surface area contributed by atoms with Crippen LogP contribution in [-0.4, -0.2) is 23.9 Å². The van der Waals surface area contributed by atoms with Gasteiger partial charge in [-0.3, -0.25) is 9.20 Å². The maximum Gasteiger partial charge on any atom is 0.381 e. The van der Waals surface area contributed by atoms with Gasteiger partial charge in [0.05, 0.1) is 12.2 Å². The van der Waals surface area contributed by atoms with E-state index in [0.29, 0.717) is 11.3 Å². The van der Waals surface area contributed by atoms with E-state index >= 15 is 0 Å². The zero-order valence-electron chi connectivity index (χ0n) is 11.1. The zero-order valence-corrected chi connectivity index (χ0v) is 11.1. The van der Waals surface area contributed by atoms with Gasteiger partial charge in [0.2, 0.25) is 6.33 Å². The molecule has 3 rings (SSSR count). The average Bonchev–Trinajstić information content (AvgIpc) is 2.87. The van der Waals surface area contributed by atoms with Crippen molar-refractivity contribution in [2.24, 2.45) is 0 Å². The third kappa shape index (κ3) is 2.38. The van der Waals surface area contributed by atoms with E-state index in [1.54, 1.807) is 6.07 Å². The molecule has 0 unspecified atom stereocenters. The summed E-state index contributed by atoms with van der Waals surface area (Å²) in [5.74, 6) is -0.233. The molecule has 0 fully saturated rings. The van der Waals surface area contributed by atoms with E-state index < -0.39 is 4.92 Å². The second-order valence-electron chi connectivity index (χ2n) is 4.61. The Morgan fingerprint density at radius 3 is 2.90 bits per heavy atom. The highest BCUT2D eigenvalue weighted by Crippen LogP contribution is 2.08. The summed E-state index contributed by atoms with van der Waals surface area (Å²) in [4.78, 5) is 30.2. The van der Waals surface area contributed by atoms with Crippen molar-refractivity contribution < 1.29 is 4.92 Å². The summed E-state index contributed by atoms with van der Waals surface area (Å²) < 4.78 is 3.03. The predicted octanol–water partition coefficient (Wildman–Crippen LogP) is 1.16. The average molecular weight is 285 g/mol. The molecule has 0 saturated carbocycles. The fraction of sp³-hybridized carbons (Fsp3) is 0.154. The van der Waals surface area contributed by atoms with Crippen molar-refractivity contribution in [3.05, 3.63) is 68.6 Å². The molecule has 0 aliphatic heterocycles. The van der Waals surface area contributed by atoms with Crippen LogP contribution in [-0.2, 0) is 6.54 Å². The standard InChI is InChI=1S/C13H11N5O3/c1-9-3-2-4-11-15-10(5-13(19)17(9)11)6-16-7-12(14-8-16)18(20)21/h2-5,7-8H,6H2,1H3. The fourth-order valence-electron chi connectivity index (χ4n) is 2.16. The summed E-state index contributed by atoms with van der Waals surface area (Å²) in [6.07, 6.45) is 2.65. The molecule has 21 heavy (non-hydrogen) atoms. The van der Waals surface area contributed by atoms with Crippen LogP contribution in [0.1, 0.15) is 11.4 Å². The number of hydrogen-bond acceptors (Lipinski definition) is 5. The Morgan fingerprint density at radius 2 is 2.19 bits per heavy atom. The van der Waals surface area contributed by atoms with E-state index in [2.05, 4.69) is 9.97 Å². The molecule has 0 radical (unpaired) electrons. The molecule has 106 valence electrons. The number of fused-ring (bicyclic) bond motifs is 1. The van der Waals surface area contributed by atoms with Crippen molar-refractivity contribution in [1.29, 1.82) is 0 Å². The third-order valence-corrected chi connectivity index (χ3v) is 3.08. The van der Waals surface area contributed by atoms with Crippen LogP contribution in [0.25, 0.3) is 5.65 Å². The molecule has 3 heterocycles. The van der Waals surface area contributed by atoms with Crippen LogP contribution < -0.4 is 5.56 Å². The minimum atomic E-state index is -0.567. The number of pyridine rings is 1. The monoisotopic (exact) mass is 285 g/mol. The summed E-state index contributed by atoms with van der Waals surface area (Å²) in [5, 5.41) is 10.6. The molecule has 0 N–H and O–H groups in total. The number of hydrogen-bond donors (Lipinski definition) is 0. The molecule has 0 aliphatic rings. The number of nitrogens with zero attached hydrogens (tertiary/aromatic N) is 5. The quantitative estimate of drug-likeness (QED) is 0.531. The van der Waals surface area contributed by atoms with Crippen molar-refractivity contribution in [2.45, 2.75) is 13.5 Å². The summed E-state index contributed by atoms with van der Waals surface area (Å²) in [6.45, 7) is 2.08. The molecule has 3 aromatic heterocycles. The zero-order chi connectivity index (χ0) is 15.0. The largest absolute Gasteiger partial charge is 0.381 e. The van der Waals surface area contributed by atoms with Crippen molar-refractivity contribution in [2.75, 3.05) is 0 Å². The van der Waals surface area contributed by atoms with Crippen LogP contribution in [0, 0.1) is 17.0 Å². The second kappa shape index (κ2) is 4.82. The van der Waals surface area contributed by atoms with Gasteiger partial charge < -0.3 is 14.7 Å². The highest BCUT2D eigenvalue weighted by Gasteiger charge is 2.11.